The van der Waals surface area contributed by atoms with Crippen LogP contribution in [0, 0.1) is 5.82 Å². The van der Waals surface area contributed by atoms with E-state index < -0.39 is 6.61 Å². The molecule has 188 valence electrons. The number of aromatic nitrogens is 3. The number of imidazole rings is 1. The van der Waals surface area contributed by atoms with Crippen molar-refractivity contribution < 1.29 is 22.6 Å². The number of benzene rings is 1. The first-order valence-corrected chi connectivity index (χ1v) is 11.8. The fourth-order valence-electron chi connectivity index (χ4n) is 4.29. The fourth-order valence-corrected chi connectivity index (χ4v) is 4.29. The zero-order chi connectivity index (χ0) is 24.9. The van der Waals surface area contributed by atoms with Crippen molar-refractivity contribution in [3.8, 4) is 16.9 Å². The number of piperazine rings is 1. The largest absolute Gasteiger partial charge is 0.435 e. The Morgan fingerprint density at radius 1 is 1.06 bits per heavy atom. The molecule has 2 aliphatic rings. The smallest absolute Gasteiger partial charge is 0.387 e. The van der Waals surface area contributed by atoms with Crippen molar-refractivity contribution in [2.24, 2.45) is 0 Å². The number of halogens is 3. The summed E-state index contributed by atoms with van der Waals surface area (Å²) in [6.45, 7) is 2.25. The minimum atomic E-state index is -2.73. The third-order valence-electron chi connectivity index (χ3n) is 6.08. The van der Waals surface area contributed by atoms with Crippen LogP contribution in [0.1, 0.15) is 11.4 Å². The highest BCUT2D eigenvalue weighted by atomic mass is 19.3. The van der Waals surface area contributed by atoms with Gasteiger partial charge in [0.05, 0.1) is 24.6 Å². The van der Waals surface area contributed by atoms with E-state index in [-0.39, 0.29) is 11.6 Å². The van der Waals surface area contributed by atoms with Crippen LogP contribution in [0.3, 0.4) is 0 Å². The van der Waals surface area contributed by atoms with Gasteiger partial charge in [-0.25, -0.2) is 14.4 Å². The van der Waals surface area contributed by atoms with E-state index in [0.29, 0.717) is 24.4 Å². The van der Waals surface area contributed by atoms with Crippen molar-refractivity contribution in [1.29, 1.82) is 0 Å². The number of para-hydroxylation sites is 1. The predicted octanol–water partition coefficient (Wildman–Crippen LogP) is 4.31. The Morgan fingerprint density at radius 3 is 2.58 bits per heavy atom. The van der Waals surface area contributed by atoms with Crippen LogP contribution in [0.15, 0.2) is 60.9 Å². The van der Waals surface area contributed by atoms with Gasteiger partial charge in [0, 0.05) is 62.2 Å². The maximum absolute atomic E-state index is 14.7. The molecular formula is C26H26F3N5O2. The van der Waals surface area contributed by atoms with Crippen molar-refractivity contribution in [2.45, 2.75) is 19.6 Å². The number of ether oxygens (including phenoxy) is 2. The summed E-state index contributed by atoms with van der Waals surface area (Å²) in [7, 11) is 0. The van der Waals surface area contributed by atoms with Gasteiger partial charge in [-0.1, -0.05) is 18.2 Å². The van der Waals surface area contributed by atoms with Crippen LogP contribution in [0.25, 0.3) is 16.8 Å². The van der Waals surface area contributed by atoms with Crippen molar-refractivity contribution in [2.75, 3.05) is 37.7 Å². The highest BCUT2D eigenvalue weighted by molar-refractivity contribution is 5.66. The molecule has 0 bridgehead atoms. The van der Waals surface area contributed by atoms with Crippen LogP contribution in [0.2, 0.25) is 0 Å². The molecule has 0 radical (unpaired) electrons. The lowest BCUT2D eigenvalue weighted by atomic mass is 10.1. The molecule has 0 atom stereocenters. The van der Waals surface area contributed by atoms with Crippen LogP contribution in [-0.2, 0) is 17.8 Å². The molecule has 1 fully saturated rings. The Bertz CT molecular complexity index is 1290. The maximum atomic E-state index is 14.7. The van der Waals surface area contributed by atoms with Gasteiger partial charge < -0.3 is 24.1 Å². The Labute approximate surface area is 206 Å². The van der Waals surface area contributed by atoms with Crippen LogP contribution < -0.4 is 15.0 Å². The zero-order valence-corrected chi connectivity index (χ0v) is 19.5. The van der Waals surface area contributed by atoms with E-state index in [1.54, 1.807) is 24.4 Å². The molecule has 0 unspecified atom stereocenters. The normalized spacial score (nSPS) is 15.4. The van der Waals surface area contributed by atoms with Crippen molar-refractivity contribution in [1.82, 2.24) is 19.7 Å². The molecule has 6 rings (SSSR count). The molecule has 2 aliphatic heterocycles. The van der Waals surface area contributed by atoms with Gasteiger partial charge in [-0.2, -0.15) is 8.78 Å². The number of hydrogen-bond donors (Lipinski definition) is 1. The van der Waals surface area contributed by atoms with E-state index in [4.69, 9.17) is 4.74 Å². The number of nitrogens with zero attached hydrogens (tertiary/aromatic N) is 4. The van der Waals surface area contributed by atoms with E-state index in [1.165, 1.54) is 18.2 Å². The summed E-state index contributed by atoms with van der Waals surface area (Å²) in [6.07, 6.45) is 4.34. The van der Waals surface area contributed by atoms with Gasteiger partial charge in [0.2, 0.25) is 0 Å². The van der Waals surface area contributed by atoms with Gasteiger partial charge in [-0.15, -0.1) is 0 Å². The topological polar surface area (TPSA) is 63.9 Å². The quantitative estimate of drug-likeness (QED) is 0.454. The molecule has 1 aromatic carbocycles. The van der Waals surface area contributed by atoms with Crippen LogP contribution in [0.4, 0.5) is 19.0 Å². The number of hydrogen-bond acceptors (Lipinski definition) is 6. The number of pyridine rings is 2. The summed E-state index contributed by atoms with van der Waals surface area (Å²) >= 11 is 0. The molecular weight excluding hydrogens is 471 g/mol. The Kier molecular flexibility index (Phi) is 7.33. The minimum absolute atomic E-state index is 0.192. The Hall–Kier alpha value is -3.63. The summed E-state index contributed by atoms with van der Waals surface area (Å²) in [4.78, 5) is 11.3. The Balaban J connectivity index is 0.000000226. The Morgan fingerprint density at radius 2 is 1.86 bits per heavy atom. The number of nitrogens with one attached hydrogen (secondary N) is 1. The molecule has 36 heavy (non-hydrogen) atoms. The summed E-state index contributed by atoms with van der Waals surface area (Å²) in [5, 5.41) is 3.33. The zero-order valence-electron chi connectivity index (χ0n) is 19.5. The van der Waals surface area contributed by atoms with E-state index in [2.05, 4.69) is 24.9 Å². The lowest BCUT2D eigenvalue weighted by Gasteiger charge is -2.28. The van der Waals surface area contributed by atoms with Gasteiger partial charge in [-0.05, 0) is 24.3 Å². The van der Waals surface area contributed by atoms with E-state index in [1.807, 2.05) is 22.7 Å². The predicted molar refractivity (Wildman–Crippen MR) is 130 cm³/mol. The lowest BCUT2D eigenvalue weighted by molar-refractivity contribution is -0.0498. The van der Waals surface area contributed by atoms with E-state index in [0.717, 1.165) is 55.4 Å². The molecule has 3 aromatic heterocycles. The molecule has 4 aromatic rings. The highest BCUT2D eigenvalue weighted by Gasteiger charge is 2.19. The first-order valence-electron chi connectivity index (χ1n) is 11.8. The summed E-state index contributed by atoms with van der Waals surface area (Å²) in [5.41, 5.74) is 3.94. The van der Waals surface area contributed by atoms with Gasteiger partial charge >= 0.3 is 6.61 Å². The molecule has 1 N–H and O–H groups in total. The van der Waals surface area contributed by atoms with Gasteiger partial charge in [0.1, 0.15) is 23.0 Å². The number of anilines is 1. The second kappa shape index (κ2) is 11.0. The van der Waals surface area contributed by atoms with Gasteiger partial charge in [-0.3, -0.25) is 0 Å². The standard InChI is InChI=1S/C19H20FN5O.C7H6F2O/c20-15-9-19-23-16-3-8-26-12-17(16)25(19)11-14(15)13-1-2-18(22-10-13)24-6-4-21-5-7-24;8-7(9)10-6-4-2-1-3-5-6/h1-2,9-11,21H,3-8,12H2;1-5,7H. The van der Waals surface area contributed by atoms with Crippen LogP contribution >= 0.6 is 0 Å². The van der Waals surface area contributed by atoms with E-state index in [9.17, 15) is 13.2 Å². The average molecular weight is 498 g/mol. The third-order valence-corrected chi connectivity index (χ3v) is 6.08. The lowest BCUT2D eigenvalue weighted by Crippen LogP contribution is -2.43. The summed E-state index contributed by atoms with van der Waals surface area (Å²) in [6, 6.07) is 13.4. The third kappa shape index (κ3) is 5.44. The second-order valence-electron chi connectivity index (χ2n) is 8.40. The monoisotopic (exact) mass is 497 g/mol. The van der Waals surface area contributed by atoms with Crippen molar-refractivity contribution in [3.63, 3.8) is 0 Å². The molecule has 0 saturated carbocycles. The molecule has 0 aliphatic carbocycles. The SMILES string of the molecule is FC(F)Oc1ccccc1.Fc1cc2nc3c(n2cc1-c1ccc(N2CCNCC2)nc1)COCC3. The second-order valence-corrected chi connectivity index (χ2v) is 8.40. The minimum Gasteiger partial charge on any atom is -0.435 e. The maximum Gasteiger partial charge on any atom is 0.387 e. The number of fused-ring (bicyclic) bond motifs is 3. The molecule has 7 nitrogen and oxygen atoms in total. The molecule has 1 saturated heterocycles. The number of alkyl halides is 2. The first-order chi connectivity index (χ1) is 17.6. The molecule has 10 heteroatoms. The molecule has 0 spiro atoms. The van der Waals surface area contributed by atoms with Crippen LogP contribution in [0.5, 0.6) is 5.75 Å². The average Bonchev–Trinajstić information content (AvgIpc) is 3.27. The highest BCUT2D eigenvalue weighted by Crippen LogP contribution is 2.27. The summed E-state index contributed by atoms with van der Waals surface area (Å²) < 4.78 is 49.3. The first kappa shape index (κ1) is 24.1. The van der Waals surface area contributed by atoms with Crippen molar-refractivity contribution >= 4 is 11.5 Å². The van der Waals surface area contributed by atoms with Crippen molar-refractivity contribution in [3.05, 3.63) is 78.1 Å². The molecule has 0 amide bonds. The fraction of sp³-hybridized carbons (Fsp3) is 0.308. The van der Waals surface area contributed by atoms with Crippen LogP contribution in [-0.4, -0.2) is 53.8 Å². The number of rotatable bonds is 4. The summed E-state index contributed by atoms with van der Waals surface area (Å²) in [5.74, 6) is 0.847. The molecule has 5 heterocycles. The van der Waals surface area contributed by atoms with Gasteiger partial charge in [0.15, 0.2) is 0 Å². The van der Waals surface area contributed by atoms with E-state index >= 15 is 0 Å². The van der Waals surface area contributed by atoms with Gasteiger partial charge in [0.25, 0.3) is 0 Å².